The lowest BCUT2D eigenvalue weighted by Crippen LogP contribution is -2.52. The number of aromatic amines is 1. The van der Waals surface area contributed by atoms with Crippen LogP contribution >= 0.6 is 0 Å². The highest BCUT2D eigenvalue weighted by Gasteiger charge is 2.35. The van der Waals surface area contributed by atoms with Crippen LogP contribution in [0.3, 0.4) is 0 Å². The number of urea groups is 1. The number of carbonyl (C=O) groups is 2. The van der Waals surface area contributed by atoms with Gasteiger partial charge in [0.25, 0.3) is 0 Å². The van der Waals surface area contributed by atoms with E-state index in [0.717, 1.165) is 5.69 Å². The highest BCUT2D eigenvalue weighted by atomic mass is 16.4. The molecule has 0 bridgehead atoms. The number of aliphatic carboxylic acids is 1. The molecule has 2 amide bonds. The Morgan fingerprint density at radius 2 is 2.45 bits per heavy atom. The van der Waals surface area contributed by atoms with E-state index in [0.29, 0.717) is 25.1 Å². The second-order valence-corrected chi connectivity index (χ2v) is 4.55. The number of nitrogens with zero attached hydrogens (tertiary/aromatic N) is 2. The van der Waals surface area contributed by atoms with Crippen molar-refractivity contribution in [1.29, 1.82) is 0 Å². The van der Waals surface area contributed by atoms with Crippen molar-refractivity contribution in [2.45, 2.75) is 31.8 Å². The van der Waals surface area contributed by atoms with Crippen LogP contribution in [0.5, 0.6) is 0 Å². The number of aromatic nitrogens is 2. The van der Waals surface area contributed by atoms with E-state index in [2.05, 4.69) is 21.2 Å². The van der Waals surface area contributed by atoms with E-state index < -0.39 is 18.0 Å². The minimum absolute atomic E-state index is 0.214. The van der Waals surface area contributed by atoms with Crippen molar-refractivity contribution in [2.24, 2.45) is 0 Å². The van der Waals surface area contributed by atoms with Crippen LogP contribution in [0.1, 0.15) is 24.2 Å². The number of hydrogen-bond acceptors (Lipinski definition) is 3. The smallest absolute Gasteiger partial charge is 0.326 e. The standard InChI is InChI=1S/C13H16N4O3/c1-2-3-4-5-14-13(20)17-7-10-9(15-8-16-10)6-11(17)12(18)19/h1,8,11H,3-7H2,(H,14,20)(H,15,16)(H,18,19). The Morgan fingerprint density at radius 1 is 1.65 bits per heavy atom. The molecule has 1 aliphatic rings. The zero-order valence-electron chi connectivity index (χ0n) is 10.9. The summed E-state index contributed by atoms with van der Waals surface area (Å²) in [5.41, 5.74) is 1.48. The number of carboxylic acid groups (broad SMARTS) is 1. The fraction of sp³-hybridized carbons (Fsp3) is 0.462. The first-order valence-electron chi connectivity index (χ1n) is 6.35. The SMILES string of the molecule is C#CCCCNC(=O)N1Cc2[nH]cnc2CC1C(=O)O. The van der Waals surface area contributed by atoms with Gasteiger partial charge >= 0.3 is 12.0 Å². The minimum atomic E-state index is -1.03. The fourth-order valence-corrected chi connectivity index (χ4v) is 2.16. The Labute approximate surface area is 116 Å². The molecule has 7 nitrogen and oxygen atoms in total. The van der Waals surface area contributed by atoms with Crippen molar-refractivity contribution in [2.75, 3.05) is 6.54 Å². The molecule has 0 spiro atoms. The summed E-state index contributed by atoms with van der Waals surface area (Å²) in [6.07, 6.45) is 8.10. The van der Waals surface area contributed by atoms with Crippen LogP contribution in [0, 0.1) is 12.3 Å². The van der Waals surface area contributed by atoms with Gasteiger partial charge < -0.3 is 20.3 Å². The molecular formula is C13H16N4O3. The molecule has 0 saturated heterocycles. The number of unbranched alkanes of at least 4 members (excludes halogenated alkanes) is 1. The molecular weight excluding hydrogens is 260 g/mol. The Balaban J connectivity index is 2.03. The number of fused-ring (bicyclic) bond motifs is 1. The maximum absolute atomic E-state index is 12.1. The number of imidazole rings is 1. The monoisotopic (exact) mass is 276 g/mol. The van der Waals surface area contributed by atoms with Gasteiger partial charge in [-0.15, -0.1) is 12.3 Å². The van der Waals surface area contributed by atoms with E-state index in [-0.39, 0.29) is 13.0 Å². The summed E-state index contributed by atoms with van der Waals surface area (Å²) in [6, 6.07) is -1.28. The molecule has 2 rings (SSSR count). The predicted octanol–water partition coefficient (Wildman–Crippen LogP) is 0.344. The van der Waals surface area contributed by atoms with Crippen LogP contribution in [0.4, 0.5) is 4.79 Å². The van der Waals surface area contributed by atoms with Crippen LogP contribution in [0.25, 0.3) is 0 Å². The fourth-order valence-electron chi connectivity index (χ4n) is 2.16. The first-order chi connectivity index (χ1) is 9.63. The van der Waals surface area contributed by atoms with Crippen LogP contribution in [-0.4, -0.2) is 44.6 Å². The van der Waals surface area contributed by atoms with E-state index in [1.165, 1.54) is 11.2 Å². The average Bonchev–Trinajstić information content (AvgIpc) is 2.89. The highest BCUT2D eigenvalue weighted by molar-refractivity contribution is 5.83. The Kier molecular flexibility index (Phi) is 4.25. The van der Waals surface area contributed by atoms with Gasteiger partial charge in [0.1, 0.15) is 6.04 Å². The highest BCUT2D eigenvalue weighted by Crippen LogP contribution is 2.20. The Morgan fingerprint density at radius 3 is 3.15 bits per heavy atom. The van der Waals surface area contributed by atoms with Gasteiger partial charge in [-0.25, -0.2) is 14.6 Å². The average molecular weight is 276 g/mol. The maximum atomic E-state index is 12.1. The molecule has 0 radical (unpaired) electrons. The molecule has 0 saturated carbocycles. The third-order valence-corrected chi connectivity index (χ3v) is 3.22. The second-order valence-electron chi connectivity index (χ2n) is 4.55. The van der Waals surface area contributed by atoms with Gasteiger partial charge in [0.15, 0.2) is 0 Å². The van der Waals surface area contributed by atoms with Gasteiger partial charge in [0.05, 0.1) is 24.3 Å². The number of H-pyrrole nitrogens is 1. The molecule has 1 atom stereocenters. The van der Waals surface area contributed by atoms with Crippen molar-refractivity contribution in [3.8, 4) is 12.3 Å². The first kappa shape index (κ1) is 13.9. The molecule has 1 aromatic rings. The van der Waals surface area contributed by atoms with E-state index in [9.17, 15) is 14.7 Å². The third kappa shape index (κ3) is 2.91. The molecule has 0 aromatic carbocycles. The first-order valence-corrected chi connectivity index (χ1v) is 6.35. The molecule has 0 aliphatic carbocycles. The van der Waals surface area contributed by atoms with Crippen LogP contribution in [0.2, 0.25) is 0 Å². The molecule has 1 unspecified atom stereocenters. The summed E-state index contributed by atoms with van der Waals surface area (Å²) in [6.45, 7) is 0.648. The lowest BCUT2D eigenvalue weighted by atomic mass is 10.0. The number of carbonyl (C=O) groups excluding carboxylic acids is 1. The summed E-state index contributed by atoms with van der Waals surface area (Å²) in [5.74, 6) is 1.46. The van der Waals surface area contributed by atoms with Gasteiger partial charge in [0.2, 0.25) is 0 Å². The summed E-state index contributed by atoms with van der Waals surface area (Å²) in [5, 5.41) is 11.9. The van der Waals surface area contributed by atoms with Crippen LogP contribution in [-0.2, 0) is 17.8 Å². The second kappa shape index (κ2) is 6.10. The predicted molar refractivity (Wildman–Crippen MR) is 70.7 cm³/mol. The zero-order valence-corrected chi connectivity index (χ0v) is 10.9. The lowest BCUT2D eigenvalue weighted by Gasteiger charge is -2.32. The molecule has 0 fully saturated rings. The summed E-state index contributed by atoms with van der Waals surface area (Å²) >= 11 is 0. The number of rotatable bonds is 4. The van der Waals surface area contributed by atoms with Gasteiger partial charge in [-0.2, -0.15) is 0 Å². The quantitative estimate of drug-likeness (QED) is 0.545. The van der Waals surface area contributed by atoms with Crippen LogP contribution < -0.4 is 5.32 Å². The number of nitrogens with one attached hydrogen (secondary N) is 2. The molecule has 1 aromatic heterocycles. The van der Waals surface area contributed by atoms with E-state index in [1.54, 1.807) is 0 Å². The zero-order chi connectivity index (χ0) is 14.5. The van der Waals surface area contributed by atoms with E-state index >= 15 is 0 Å². The summed E-state index contributed by atoms with van der Waals surface area (Å²) in [4.78, 5) is 31.7. The normalized spacial score (nSPS) is 17.1. The molecule has 3 N–H and O–H groups in total. The molecule has 20 heavy (non-hydrogen) atoms. The van der Waals surface area contributed by atoms with E-state index in [4.69, 9.17) is 6.42 Å². The molecule has 7 heteroatoms. The third-order valence-electron chi connectivity index (χ3n) is 3.22. The minimum Gasteiger partial charge on any atom is -0.480 e. The van der Waals surface area contributed by atoms with E-state index in [1.807, 2.05) is 0 Å². The number of amides is 2. The van der Waals surface area contributed by atoms with Gasteiger partial charge in [0, 0.05) is 19.4 Å². The summed E-state index contributed by atoms with van der Waals surface area (Å²) < 4.78 is 0. The topological polar surface area (TPSA) is 98.3 Å². The number of carboxylic acids is 1. The van der Waals surface area contributed by atoms with Gasteiger partial charge in [-0.05, 0) is 6.42 Å². The van der Waals surface area contributed by atoms with Crippen molar-refractivity contribution in [3.05, 3.63) is 17.7 Å². The number of terminal acetylenes is 1. The summed E-state index contributed by atoms with van der Waals surface area (Å²) in [7, 11) is 0. The largest absolute Gasteiger partial charge is 0.480 e. The van der Waals surface area contributed by atoms with Crippen molar-refractivity contribution >= 4 is 12.0 Å². The molecule has 1 aliphatic heterocycles. The van der Waals surface area contributed by atoms with Crippen LogP contribution in [0.15, 0.2) is 6.33 Å². The van der Waals surface area contributed by atoms with Crippen molar-refractivity contribution in [3.63, 3.8) is 0 Å². The molecule has 2 heterocycles. The van der Waals surface area contributed by atoms with Crippen molar-refractivity contribution < 1.29 is 14.7 Å². The van der Waals surface area contributed by atoms with Crippen molar-refractivity contribution in [1.82, 2.24) is 20.2 Å². The lowest BCUT2D eigenvalue weighted by molar-refractivity contribution is -0.142. The maximum Gasteiger partial charge on any atom is 0.326 e. The van der Waals surface area contributed by atoms with Gasteiger partial charge in [-0.1, -0.05) is 0 Å². The number of hydrogen-bond donors (Lipinski definition) is 3. The molecule has 106 valence electrons. The Bertz CT molecular complexity index is 546. The van der Waals surface area contributed by atoms with Gasteiger partial charge in [-0.3, -0.25) is 0 Å². The Hall–Kier alpha value is -2.49.